The van der Waals surface area contributed by atoms with E-state index in [2.05, 4.69) is 11.7 Å². The Morgan fingerprint density at radius 3 is 2.38 bits per heavy atom. The van der Waals surface area contributed by atoms with Gasteiger partial charge in [0.25, 0.3) is 5.91 Å². The predicted molar refractivity (Wildman–Crippen MR) is 33.1 cm³/mol. The van der Waals surface area contributed by atoms with Crippen LogP contribution < -0.4 is 0 Å². The second-order valence-electron chi connectivity index (χ2n) is 1.79. The first-order chi connectivity index (χ1) is 3.66. The second-order valence-corrected chi connectivity index (χ2v) is 1.79. The minimum Gasteiger partial charge on any atom is -0.301 e. The maximum atomic E-state index is 10.4. The fourth-order valence-corrected chi connectivity index (χ4v) is 0.321. The summed E-state index contributed by atoms with van der Waals surface area (Å²) in [6, 6.07) is 0. The lowest BCUT2D eigenvalue weighted by Gasteiger charge is -2.02. The highest BCUT2D eigenvalue weighted by Gasteiger charge is 1.95. The van der Waals surface area contributed by atoms with E-state index < -0.39 is 0 Å². The van der Waals surface area contributed by atoms with Gasteiger partial charge in [0, 0.05) is 0 Å². The molecular weight excluding hydrogens is 104 g/mol. The fraction of sp³-hybridized carbons (Fsp3) is 0.600. The molecular formula is C5H10N2O. The quantitative estimate of drug-likeness (QED) is 0.465. The number of carbonyl (C=O) groups is 1. The first-order valence-electron chi connectivity index (χ1n) is 2.31. The summed E-state index contributed by atoms with van der Waals surface area (Å²) in [6.45, 7) is 3.44. The van der Waals surface area contributed by atoms with Crippen molar-refractivity contribution >= 4 is 12.6 Å². The van der Waals surface area contributed by atoms with Gasteiger partial charge < -0.3 is 4.90 Å². The lowest BCUT2D eigenvalue weighted by atomic mass is 10.6. The van der Waals surface area contributed by atoms with E-state index in [1.807, 2.05) is 14.1 Å². The largest absolute Gasteiger partial charge is 0.301 e. The van der Waals surface area contributed by atoms with Gasteiger partial charge in [-0.15, -0.1) is 0 Å². The molecule has 0 aliphatic heterocycles. The Morgan fingerprint density at radius 2 is 2.25 bits per heavy atom. The Hall–Kier alpha value is -0.700. The number of hydrogen-bond donors (Lipinski definition) is 0. The number of hydrogen-bond acceptors (Lipinski definition) is 2. The minimum atomic E-state index is -0.185. The first-order valence-corrected chi connectivity index (χ1v) is 2.31. The van der Waals surface area contributed by atoms with Gasteiger partial charge in [-0.3, -0.25) is 4.79 Å². The van der Waals surface area contributed by atoms with Gasteiger partial charge in [0.1, 0.15) is 0 Å². The van der Waals surface area contributed by atoms with Gasteiger partial charge in [-0.1, -0.05) is 0 Å². The van der Waals surface area contributed by atoms with Gasteiger partial charge in [-0.05, 0) is 20.8 Å². The minimum absolute atomic E-state index is 0.185. The van der Waals surface area contributed by atoms with Crippen LogP contribution >= 0.6 is 0 Å². The molecule has 0 saturated heterocycles. The van der Waals surface area contributed by atoms with Crippen molar-refractivity contribution in [2.75, 3.05) is 20.6 Å². The zero-order valence-corrected chi connectivity index (χ0v) is 5.22. The number of carbonyl (C=O) groups excluding carboxylic acids is 1. The number of likely N-dealkylation sites (N-methyl/N-ethyl adjacent to an activating group) is 1. The van der Waals surface area contributed by atoms with Crippen LogP contribution in [0.1, 0.15) is 0 Å². The number of nitrogens with zero attached hydrogens (tertiary/aromatic N) is 2. The van der Waals surface area contributed by atoms with Crippen molar-refractivity contribution in [3.8, 4) is 0 Å². The van der Waals surface area contributed by atoms with E-state index in [4.69, 9.17) is 0 Å². The van der Waals surface area contributed by atoms with Crippen LogP contribution in [0.15, 0.2) is 4.99 Å². The zero-order chi connectivity index (χ0) is 6.57. The van der Waals surface area contributed by atoms with Crippen LogP contribution in [-0.2, 0) is 4.79 Å². The average Bonchev–Trinajstić information content (AvgIpc) is 1.65. The van der Waals surface area contributed by atoms with Crippen molar-refractivity contribution in [2.24, 2.45) is 4.99 Å². The summed E-state index contributed by atoms with van der Waals surface area (Å²) in [5.41, 5.74) is 0. The highest BCUT2D eigenvalue weighted by molar-refractivity contribution is 5.82. The van der Waals surface area contributed by atoms with E-state index in [1.165, 1.54) is 0 Å². The van der Waals surface area contributed by atoms with Crippen LogP contribution in [0.3, 0.4) is 0 Å². The summed E-state index contributed by atoms with van der Waals surface area (Å²) < 4.78 is 0. The lowest BCUT2D eigenvalue weighted by Crippen LogP contribution is -2.19. The average molecular weight is 114 g/mol. The van der Waals surface area contributed by atoms with Gasteiger partial charge in [-0.25, -0.2) is 4.99 Å². The van der Waals surface area contributed by atoms with Crippen LogP contribution in [-0.4, -0.2) is 38.2 Å². The highest BCUT2D eigenvalue weighted by atomic mass is 16.1. The standard InChI is InChI=1S/C5H10N2O/c1-6-5(8)4-7(2)3/h1,4H2,2-3H3. The Balaban J connectivity index is 3.39. The van der Waals surface area contributed by atoms with E-state index >= 15 is 0 Å². The molecule has 0 aromatic carbocycles. The molecule has 1 amide bonds. The SMILES string of the molecule is C=NC(=O)CN(C)C. The van der Waals surface area contributed by atoms with E-state index in [0.29, 0.717) is 6.54 Å². The smallest absolute Gasteiger partial charge is 0.259 e. The van der Waals surface area contributed by atoms with Crippen molar-refractivity contribution in [1.82, 2.24) is 4.90 Å². The molecule has 0 saturated carbocycles. The van der Waals surface area contributed by atoms with Crippen molar-refractivity contribution in [1.29, 1.82) is 0 Å². The number of rotatable bonds is 2. The molecule has 46 valence electrons. The Bertz CT molecular complexity index is 98.6. The summed E-state index contributed by atoms with van der Waals surface area (Å²) in [5, 5.41) is 0. The predicted octanol–water partition coefficient (Wildman–Crippen LogP) is -0.225. The molecule has 0 aliphatic rings. The molecule has 3 heteroatoms. The van der Waals surface area contributed by atoms with Crippen LogP contribution in [0.2, 0.25) is 0 Å². The van der Waals surface area contributed by atoms with Gasteiger partial charge in [0.15, 0.2) is 0 Å². The zero-order valence-electron chi connectivity index (χ0n) is 5.22. The molecule has 0 spiro atoms. The molecule has 0 aromatic rings. The highest BCUT2D eigenvalue weighted by Crippen LogP contribution is 1.75. The van der Waals surface area contributed by atoms with Crippen LogP contribution in [0, 0.1) is 0 Å². The Morgan fingerprint density at radius 1 is 1.75 bits per heavy atom. The molecule has 8 heavy (non-hydrogen) atoms. The number of amides is 1. The van der Waals surface area contributed by atoms with E-state index in [1.54, 1.807) is 4.90 Å². The summed E-state index contributed by atoms with van der Waals surface area (Å²) in [5.74, 6) is -0.185. The van der Waals surface area contributed by atoms with Crippen molar-refractivity contribution in [3.05, 3.63) is 0 Å². The van der Waals surface area contributed by atoms with Gasteiger partial charge in [0.05, 0.1) is 6.54 Å². The molecule has 0 N–H and O–H groups in total. The third-order valence-corrected chi connectivity index (χ3v) is 0.628. The maximum Gasteiger partial charge on any atom is 0.259 e. The topological polar surface area (TPSA) is 32.7 Å². The Labute approximate surface area is 49.0 Å². The summed E-state index contributed by atoms with van der Waals surface area (Å²) >= 11 is 0. The molecule has 0 aromatic heterocycles. The summed E-state index contributed by atoms with van der Waals surface area (Å²) in [6.07, 6.45) is 0. The molecule has 0 fully saturated rings. The molecule has 0 rings (SSSR count). The van der Waals surface area contributed by atoms with E-state index in [9.17, 15) is 4.79 Å². The van der Waals surface area contributed by atoms with Crippen molar-refractivity contribution in [3.63, 3.8) is 0 Å². The van der Waals surface area contributed by atoms with E-state index in [-0.39, 0.29) is 5.91 Å². The number of aliphatic imine (C=N–C) groups is 1. The third kappa shape index (κ3) is 3.49. The van der Waals surface area contributed by atoms with Gasteiger partial charge in [0.2, 0.25) is 0 Å². The molecule has 0 unspecified atom stereocenters. The molecule has 0 bridgehead atoms. The molecule has 0 heterocycles. The van der Waals surface area contributed by atoms with Crippen LogP contribution in [0.25, 0.3) is 0 Å². The summed E-state index contributed by atoms with van der Waals surface area (Å²) in [4.78, 5) is 15.3. The van der Waals surface area contributed by atoms with E-state index in [0.717, 1.165) is 0 Å². The fourth-order valence-electron chi connectivity index (χ4n) is 0.321. The molecule has 3 nitrogen and oxygen atoms in total. The van der Waals surface area contributed by atoms with Crippen molar-refractivity contribution in [2.45, 2.75) is 0 Å². The van der Waals surface area contributed by atoms with Crippen molar-refractivity contribution < 1.29 is 4.79 Å². The third-order valence-electron chi connectivity index (χ3n) is 0.628. The second kappa shape index (κ2) is 3.32. The summed E-state index contributed by atoms with van der Waals surface area (Å²) in [7, 11) is 3.62. The normalized spacial score (nSPS) is 9.38. The lowest BCUT2D eigenvalue weighted by molar-refractivity contribution is -0.118. The molecule has 0 radical (unpaired) electrons. The van der Waals surface area contributed by atoms with Gasteiger partial charge >= 0.3 is 0 Å². The maximum absolute atomic E-state index is 10.4. The monoisotopic (exact) mass is 114 g/mol. The Kier molecular flexibility index (Phi) is 3.03. The first kappa shape index (κ1) is 7.30. The van der Waals surface area contributed by atoms with Crippen LogP contribution in [0.5, 0.6) is 0 Å². The van der Waals surface area contributed by atoms with Gasteiger partial charge in [-0.2, -0.15) is 0 Å². The molecule has 0 atom stereocenters. The molecule has 0 aliphatic carbocycles. The van der Waals surface area contributed by atoms with Crippen LogP contribution in [0.4, 0.5) is 0 Å².